The number of nitrogens with zero attached hydrogens (tertiary/aromatic N) is 4. The molecule has 8 nitrogen and oxygen atoms in total. The third kappa shape index (κ3) is 4.75. The Morgan fingerprint density at radius 2 is 2.08 bits per heavy atom. The van der Waals surface area contributed by atoms with E-state index in [0.717, 1.165) is 13.0 Å². The second kappa shape index (κ2) is 7.77. The maximum atomic E-state index is 12.3. The molecular formula is C17H21N5O3S. The first kappa shape index (κ1) is 18.2. The van der Waals surface area contributed by atoms with E-state index in [4.69, 9.17) is 0 Å². The van der Waals surface area contributed by atoms with Crippen LogP contribution >= 0.6 is 0 Å². The lowest BCUT2D eigenvalue weighted by molar-refractivity contribution is 0.0936. The lowest BCUT2D eigenvalue weighted by Gasteiger charge is -2.18. The van der Waals surface area contributed by atoms with Gasteiger partial charge in [-0.2, -0.15) is 0 Å². The van der Waals surface area contributed by atoms with Crippen LogP contribution in [0.3, 0.4) is 0 Å². The van der Waals surface area contributed by atoms with E-state index >= 15 is 0 Å². The van der Waals surface area contributed by atoms with E-state index in [1.165, 1.54) is 11.9 Å². The minimum Gasteiger partial charge on any atom is -0.359 e. The zero-order chi connectivity index (χ0) is 18.6. The van der Waals surface area contributed by atoms with E-state index in [0.29, 0.717) is 12.2 Å². The Balaban J connectivity index is 1.61. The normalized spacial score (nSPS) is 18.4. The topological polar surface area (TPSA) is 105 Å². The molecule has 3 heterocycles. The summed E-state index contributed by atoms with van der Waals surface area (Å²) in [5, 5.41) is 2.74. The number of rotatable bonds is 6. The highest BCUT2D eigenvalue weighted by Gasteiger charge is 2.29. The van der Waals surface area contributed by atoms with Crippen LogP contribution in [0, 0.1) is 0 Å². The minimum atomic E-state index is -3.04. The quantitative estimate of drug-likeness (QED) is 0.782. The Bertz CT molecular complexity index is 873. The summed E-state index contributed by atoms with van der Waals surface area (Å²) in [5.74, 6) is 0.365. The van der Waals surface area contributed by atoms with Crippen molar-refractivity contribution in [1.82, 2.24) is 20.3 Å². The molecule has 1 aliphatic rings. The Morgan fingerprint density at radius 1 is 1.31 bits per heavy atom. The van der Waals surface area contributed by atoms with Gasteiger partial charge in [0.05, 0.1) is 11.5 Å². The molecule has 0 aliphatic carbocycles. The van der Waals surface area contributed by atoms with E-state index < -0.39 is 9.84 Å². The second-order valence-corrected chi connectivity index (χ2v) is 8.59. The highest BCUT2D eigenvalue weighted by atomic mass is 32.2. The van der Waals surface area contributed by atoms with Crippen molar-refractivity contribution in [2.45, 2.75) is 18.9 Å². The number of likely N-dealkylation sites (N-methyl/N-ethyl adjacent to an activating group) is 1. The fourth-order valence-electron chi connectivity index (χ4n) is 2.81. The van der Waals surface area contributed by atoms with Crippen molar-refractivity contribution >= 4 is 21.6 Å². The molecule has 1 amide bonds. The van der Waals surface area contributed by atoms with E-state index in [1.54, 1.807) is 18.5 Å². The molecule has 1 N–H and O–H groups in total. The smallest absolute Gasteiger partial charge is 0.270 e. The predicted octanol–water partition coefficient (Wildman–Crippen LogP) is 0.467. The Hall–Kier alpha value is -2.55. The largest absolute Gasteiger partial charge is 0.359 e. The molecule has 26 heavy (non-hydrogen) atoms. The van der Waals surface area contributed by atoms with Crippen LogP contribution in [0.15, 0.2) is 36.9 Å². The third-order valence-electron chi connectivity index (χ3n) is 4.33. The molecule has 9 heteroatoms. The molecule has 0 spiro atoms. The first-order valence-corrected chi connectivity index (χ1v) is 10.2. The fraction of sp³-hybridized carbons (Fsp3) is 0.412. The van der Waals surface area contributed by atoms with Gasteiger partial charge in [-0.3, -0.25) is 9.78 Å². The Kier molecular flexibility index (Phi) is 5.46. The molecule has 1 saturated heterocycles. The summed E-state index contributed by atoms with van der Waals surface area (Å²) >= 11 is 0. The SMILES string of the molecule is CN(CCc1ccncc1)c1cc(C(=O)NC2CCS(=O)(=O)C2)ncn1. The van der Waals surface area contributed by atoms with Gasteiger partial charge in [-0.05, 0) is 30.5 Å². The average molecular weight is 375 g/mol. The molecular weight excluding hydrogens is 354 g/mol. The van der Waals surface area contributed by atoms with Crippen molar-refractivity contribution in [2.24, 2.45) is 0 Å². The molecule has 0 radical (unpaired) electrons. The number of carbonyl (C=O) groups excluding carboxylic acids is 1. The molecule has 0 aromatic carbocycles. The number of pyridine rings is 1. The summed E-state index contributed by atoms with van der Waals surface area (Å²) in [7, 11) is -1.14. The number of nitrogens with one attached hydrogen (secondary N) is 1. The Labute approximate surface area is 152 Å². The highest BCUT2D eigenvalue weighted by Crippen LogP contribution is 2.14. The summed E-state index contributed by atoms with van der Waals surface area (Å²) in [6, 6.07) is 5.19. The van der Waals surface area contributed by atoms with Gasteiger partial charge >= 0.3 is 0 Å². The first-order valence-electron chi connectivity index (χ1n) is 8.36. The van der Waals surface area contributed by atoms with Crippen LogP contribution in [-0.4, -0.2) is 60.4 Å². The van der Waals surface area contributed by atoms with Gasteiger partial charge in [-0.1, -0.05) is 0 Å². The first-order chi connectivity index (χ1) is 12.4. The standard InChI is InChI=1S/C17H21N5O3S/c1-22(8-4-13-2-6-18-7-3-13)16-10-15(19-12-20-16)17(23)21-14-5-9-26(24,25)11-14/h2-3,6-7,10,12,14H,4-5,8-9,11H2,1H3,(H,21,23). The van der Waals surface area contributed by atoms with Gasteiger partial charge in [0.2, 0.25) is 0 Å². The average Bonchev–Trinajstić information content (AvgIpc) is 2.99. The lowest BCUT2D eigenvalue weighted by Crippen LogP contribution is -2.36. The fourth-order valence-corrected chi connectivity index (χ4v) is 4.48. The maximum Gasteiger partial charge on any atom is 0.270 e. The van der Waals surface area contributed by atoms with Gasteiger partial charge in [-0.15, -0.1) is 0 Å². The summed E-state index contributed by atoms with van der Waals surface area (Å²) in [4.78, 5) is 26.5. The molecule has 1 aliphatic heterocycles. The lowest BCUT2D eigenvalue weighted by atomic mass is 10.2. The van der Waals surface area contributed by atoms with Crippen molar-refractivity contribution in [3.8, 4) is 0 Å². The van der Waals surface area contributed by atoms with Crippen LogP contribution < -0.4 is 10.2 Å². The van der Waals surface area contributed by atoms with Gasteiger partial charge in [0, 0.05) is 38.1 Å². The summed E-state index contributed by atoms with van der Waals surface area (Å²) in [5.41, 5.74) is 1.40. The Morgan fingerprint density at radius 3 is 2.77 bits per heavy atom. The van der Waals surface area contributed by atoms with E-state index in [1.807, 2.05) is 24.1 Å². The number of anilines is 1. The van der Waals surface area contributed by atoms with Crippen molar-refractivity contribution in [3.05, 3.63) is 48.2 Å². The van der Waals surface area contributed by atoms with Crippen molar-refractivity contribution in [3.63, 3.8) is 0 Å². The summed E-state index contributed by atoms with van der Waals surface area (Å²) in [6.07, 6.45) is 6.12. The van der Waals surface area contributed by atoms with Crippen molar-refractivity contribution < 1.29 is 13.2 Å². The van der Waals surface area contributed by atoms with E-state index in [9.17, 15) is 13.2 Å². The highest BCUT2D eigenvalue weighted by molar-refractivity contribution is 7.91. The molecule has 3 rings (SSSR count). The number of aromatic nitrogens is 3. The summed E-state index contributed by atoms with van der Waals surface area (Å²) < 4.78 is 23.0. The molecule has 1 atom stereocenters. The van der Waals surface area contributed by atoms with E-state index in [-0.39, 0.29) is 29.1 Å². The molecule has 2 aromatic heterocycles. The number of carbonyl (C=O) groups is 1. The zero-order valence-corrected chi connectivity index (χ0v) is 15.3. The van der Waals surface area contributed by atoms with Gasteiger partial charge in [0.15, 0.2) is 9.84 Å². The molecule has 2 aromatic rings. The van der Waals surface area contributed by atoms with Gasteiger partial charge < -0.3 is 10.2 Å². The van der Waals surface area contributed by atoms with Crippen LogP contribution in [0.25, 0.3) is 0 Å². The van der Waals surface area contributed by atoms with Crippen LogP contribution in [0.1, 0.15) is 22.5 Å². The molecule has 0 bridgehead atoms. The van der Waals surface area contributed by atoms with Gasteiger partial charge in [-0.25, -0.2) is 18.4 Å². The number of amides is 1. The van der Waals surface area contributed by atoms with E-state index in [2.05, 4.69) is 20.3 Å². The summed E-state index contributed by atoms with van der Waals surface area (Å²) in [6.45, 7) is 0.725. The van der Waals surface area contributed by atoms with Crippen LogP contribution in [0.4, 0.5) is 5.82 Å². The number of hydrogen-bond donors (Lipinski definition) is 1. The number of sulfone groups is 1. The van der Waals surface area contributed by atoms with Crippen molar-refractivity contribution in [1.29, 1.82) is 0 Å². The van der Waals surface area contributed by atoms with Crippen LogP contribution in [-0.2, 0) is 16.3 Å². The molecule has 138 valence electrons. The maximum absolute atomic E-state index is 12.3. The monoisotopic (exact) mass is 375 g/mol. The molecule has 1 unspecified atom stereocenters. The van der Waals surface area contributed by atoms with Crippen LogP contribution in [0.2, 0.25) is 0 Å². The van der Waals surface area contributed by atoms with Gasteiger partial charge in [0.25, 0.3) is 5.91 Å². The number of hydrogen-bond acceptors (Lipinski definition) is 7. The molecule has 0 saturated carbocycles. The predicted molar refractivity (Wildman–Crippen MR) is 97.8 cm³/mol. The van der Waals surface area contributed by atoms with Gasteiger partial charge in [0.1, 0.15) is 17.8 Å². The molecule has 1 fully saturated rings. The second-order valence-electron chi connectivity index (χ2n) is 6.36. The zero-order valence-electron chi connectivity index (χ0n) is 14.5. The van der Waals surface area contributed by atoms with Crippen molar-refractivity contribution in [2.75, 3.05) is 30.0 Å². The minimum absolute atomic E-state index is 0.0114. The third-order valence-corrected chi connectivity index (χ3v) is 6.10. The van der Waals surface area contributed by atoms with Crippen LogP contribution in [0.5, 0.6) is 0 Å².